The second-order valence-electron chi connectivity index (χ2n) is 3.90. The monoisotopic (exact) mass is 148 g/mol. The van der Waals surface area contributed by atoms with E-state index < -0.39 is 0 Å². The zero-order chi connectivity index (χ0) is 7.84. The molecule has 2 aliphatic rings. The van der Waals surface area contributed by atoms with Crippen molar-refractivity contribution < 1.29 is 0 Å². The average molecular weight is 148 g/mol. The molecule has 2 aliphatic carbocycles. The first-order valence-corrected chi connectivity index (χ1v) is 4.67. The zero-order valence-corrected chi connectivity index (χ0v) is 7.22. The van der Waals surface area contributed by atoms with E-state index in [1.165, 1.54) is 24.8 Å². The van der Waals surface area contributed by atoms with Crippen LogP contribution in [0.1, 0.15) is 26.2 Å². The van der Waals surface area contributed by atoms with Crippen LogP contribution < -0.4 is 0 Å². The summed E-state index contributed by atoms with van der Waals surface area (Å²) in [5.41, 5.74) is 1.47. The Morgan fingerprint density at radius 3 is 2.73 bits per heavy atom. The van der Waals surface area contributed by atoms with Crippen molar-refractivity contribution in [2.45, 2.75) is 26.2 Å². The van der Waals surface area contributed by atoms with Crippen LogP contribution in [0.5, 0.6) is 0 Å². The summed E-state index contributed by atoms with van der Waals surface area (Å²) in [6.07, 6.45) is 8.75. The van der Waals surface area contributed by atoms with E-state index >= 15 is 0 Å². The smallest absolute Gasteiger partial charge is 0.0137 e. The molecule has 0 nitrogen and oxygen atoms in total. The summed E-state index contributed by atoms with van der Waals surface area (Å²) >= 11 is 0. The molecule has 2 rings (SSSR count). The molecule has 0 radical (unpaired) electrons. The van der Waals surface area contributed by atoms with Gasteiger partial charge >= 0.3 is 0 Å². The molecule has 0 aromatic heterocycles. The van der Waals surface area contributed by atoms with Crippen LogP contribution in [-0.2, 0) is 0 Å². The van der Waals surface area contributed by atoms with E-state index in [0.717, 1.165) is 17.8 Å². The van der Waals surface area contributed by atoms with Gasteiger partial charge in [-0.2, -0.15) is 0 Å². The topological polar surface area (TPSA) is 0 Å². The minimum Gasteiger partial charge on any atom is -0.0996 e. The van der Waals surface area contributed by atoms with E-state index in [1.54, 1.807) is 0 Å². The number of hydrogen-bond acceptors (Lipinski definition) is 0. The van der Waals surface area contributed by atoms with Gasteiger partial charge in [0.15, 0.2) is 0 Å². The molecule has 0 aromatic carbocycles. The van der Waals surface area contributed by atoms with Crippen molar-refractivity contribution in [3.63, 3.8) is 0 Å². The molecule has 1 saturated carbocycles. The van der Waals surface area contributed by atoms with Crippen molar-refractivity contribution in [1.82, 2.24) is 0 Å². The van der Waals surface area contributed by atoms with E-state index in [0.29, 0.717) is 0 Å². The van der Waals surface area contributed by atoms with Gasteiger partial charge in [-0.1, -0.05) is 31.2 Å². The van der Waals surface area contributed by atoms with Gasteiger partial charge in [0.25, 0.3) is 0 Å². The predicted octanol–water partition coefficient (Wildman–Crippen LogP) is 3.16. The Labute approximate surface area is 69.0 Å². The first kappa shape index (κ1) is 7.15. The van der Waals surface area contributed by atoms with Crippen LogP contribution in [0.15, 0.2) is 24.3 Å². The van der Waals surface area contributed by atoms with Crippen LogP contribution >= 0.6 is 0 Å². The molecule has 3 atom stereocenters. The van der Waals surface area contributed by atoms with Crippen LogP contribution in [0.2, 0.25) is 0 Å². The normalized spacial score (nSPS) is 39.9. The highest BCUT2D eigenvalue weighted by Gasteiger charge is 2.36. The number of rotatable bonds is 2. The zero-order valence-electron chi connectivity index (χ0n) is 7.22. The van der Waals surface area contributed by atoms with Gasteiger partial charge in [0, 0.05) is 0 Å². The fourth-order valence-corrected chi connectivity index (χ4v) is 2.51. The average Bonchev–Trinajstić information content (AvgIpc) is 2.62. The predicted molar refractivity (Wildman–Crippen MR) is 48.3 cm³/mol. The Bertz CT molecular complexity index is 200. The minimum atomic E-state index is 0.829. The lowest BCUT2D eigenvalue weighted by atomic mass is 9.86. The molecular formula is C11H16. The van der Waals surface area contributed by atoms with Gasteiger partial charge in [0.2, 0.25) is 0 Å². The van der Waals surface area contributed by atoms with Crippen LogP contribution in [0.3, 0.4) is 0 Å². The Balaban J connectivity index is 2.08. The van der Waals surface area contributed by atoms with Gasteiger partial charge < -0.3 is 0 Å². The third-order valence-corrected chi connectivity index (χ3v) is 3.26. The molecule has 0 heteroatoms. The molecule has 0 saturated heterocycles. The first-order valence-electron chi connectivity index (χ1n) is 4.67. The Kier molecular flexibility index (Phi) is 1.63. The maximum Gasteiger partial charge on any atom is -0.0137 e. The summed E-state index contributed by atoms with van der Waals surface area (Å²) in [6.45, 7) is 6.36. The first-order chi connectivity index (χ1) is 5.31. The minimum absolute atomic E-state index is 0.829. The van der Waals surface area contributed by atoms with E-state index in [1.807, 2.05) is 0 Å². The largest absolute Gasteiger partial charge is 0.0996 e. The number of hydrogen-bond donors (Lipinski definition) is 0. The maximum atomic E-state index is 4.14. The SMILES string of the molecule is C=C(CC)C1CC2C=CC1C2. The van der Waals surface area contributed by atoms with Crippen molar-refractivity contribution in [3.05, 3.63) is 24.3 Å². The van der Waals surface area contributed by atoms with Crippen LogP contribution in [0, 0.1) is 17.8 Å². The van der Waals surface area contributed by atoms with E-state index in [9.17, 15) is 0 Å². The molecule has 1 fully saturated rings. The number of allylic oxidation sites excluding steroid dienone is 3. The van der Waals surface area contributed by atoms with Gasteiger partial charge in [-0.3, -0.25) is 0 Å². The molecule has 3 unspecified atom stereocenters. The highest BCUT2D eigenvalue weighted by Crippen LogP contribution is 2.46. The molecule has 0 aliphatic heterocycles. The summed E-state index contributed by atoms with van der Waals surface area (Å²) in [6, 6.07) is 0. The van der Waals surface area contributed by atoms with E-state index in [4.69, 9.17) is 0 Å². The van der Waals surface area contributed by atoms with Gasteiger partial charge in [-0.15, -0.1) is 0 Å². The molecular weight excluding hydrogens is 132 g/mol. The van der Waals surface area contributed by atoms with Gasteiger partial charge in [0.05, 0.1) is 0 Å². The van der Waals surface area contributed by atoms with Crippen molar-refractivity contribution in [1.29, 1.82) is 0 Å². The molecule has 60 valence electrons. The van der Waals surface area contributed by atoms with Crippen molar-refractivity contribution >= 4 is 0 Å². The lowest BCUT2D eigenvalue weighted by molar-refractivity contribution is 0.509. The van der Waals surface area contributed by atoms with E-state index in [2.05, 4.69) is 25.7 Å². The van der Waals surface area contributed by atoms with Gasteiger partial charge in [-0.25, -0.2) is 0 Å². The molecule has 0 aromatic rings. The summed E-state index contributed by atoms with van der Waals surface area (Å²) < 4.78 is 0. The van der Waals surface area contributed by atoms with Crippen molar-refractivity contribution in [3.8, 4) is 0 Å². The van der Waals surface area contributed by atoms with Gasteiger partial charge in [-0.05, 0) is 37.0 Å². The molecule has 0 amide bonds. The summed E-state index contributed by atoms with van der Waals surface area (Å²) in [7, 11) is 0. The van der Waals surface area contributed by atoms with Crippen molar-refractivity contribution in [2.75, 3.05) is 0 Å². The van der Waals surface area contributed by atoms with Gasteiger partial charge in [0.1, 0.15) is 0 Å². The lowest BCUT2D eigenvalue weighted by Crippen LogP contribution is -2.08. The third kappa shape index (κ3) is 1.05. The lowest BCUT2D eigenvalue weighted by Gasteiger charge is -2.19. The maximum absolute atomic E-state index is 4.14. The molecule has 11 heavy (non-hydrogen) atoms. The standard InChI is InChI=1S/C11H16/c1-3-8(2)11-7-9-4-5-10(11)6-9/h4-5,9-11H,2-3,6-7H2,1H3. The number of fused-ring (bicyclic) bond motifs is 2. The van der Waals surface area contributed by atoms with E-state index in [-0.39, 0.29) is 0 Å². The Morgan fingerprint density at radius 2 is 2.27 bits per heavy atom. The second kappa shape index (κ2) is 2.51. The highest BCUT2D eigenvalue weighted by molar-refractivity contribution is 5.18. The molecule has 0 N–H and O–H groups in total. The second-order valence-corrected chi connectivity index (χ2v) is 3.90. The molecule has 0 spiro atoms. The fraction of sp³-hybridized carbons (Fsp3) is 0.636. The fourth-order valence-electron chi connectivity index (χ4n) is 2.51. The highest BCUT2D eigenvalue weighted by atomic mass is 14.4. The molecule has 0 heterocycles. The molecule has 2 bridgehead atoms. The Hall–Kier alpha value is -0.520. The van der Waals surface area contributed by atoms with Crippen LogP contribution in [0.4, 0.5) is 0 Å². The Morgan fingerprint density at radius 1 is 1.45 bits per heavy atom. The van der Waals surface area contributed by atoms with Crippen LogP contribution in [-0.4, -0.2) is 0 Å². The summed E-state index contributed by atoms with van der Waals surface area (Å²) in [5, 5.41) is 0. The summed E-state index contributed by atoms with van der Waals surface area (Å²) in [4.78, 5) is 0. The van der Waals surface area contributed by atoms with Crippen molar-refractivity contribution in [2.24, 2.45) is 17.8 Å². The van der Waals surface area contributed by atoms with Crippen LogP contribution in [0.25, 0.3) is 0 Å². The summed E-state index contributed by atoms with van der Waals surface area (Å²) in [5.74, 6) is 2.58. The third-order valence-electron chi connectivity index (χ3n) is 3.26. The quantitative estimate of drug-likeness (QED) is 0.528.